The highest BCUT2D eigenvalue weighted by Gasteiger charge is 2.42. The number of amides is 1. The number of aromatic nitrogens is 2. The summed E-state index contributed by atoms with van der Waals surface area (Å²) in [4.78, 5) is 15.5. The van der Waals surface area contributed by atoms with E-state index in [-0.39, 0.29) is 11.7 Å². The number of hydrogen-bond acceptors (Lipinski definition) is 5. The fraction of sp³-hybridized carbons (Fsp3) is 0.267. The second-order valence-corrected chi connectivity index (χ2v) is 9.84. The summed E-state index contributed by atoms with van der Waals surface area (Å²) < 4.78 is 11.1. The number of fused-ring (bicyclic) bond motifs is 1. The molecule has 0 radical (unpaired) electrons. The van der Waals surface area contributed by atoms with Gasteiger partial charge < -0.3 is 19.5 Å². The predicted molar refractivity (Wildman–Crippen MR) is 147 cm³/mol. The van der Waals surface area contributed by atoms with Crippen LogP contribution in [0.15, 0.2) is 60.7 Å². The Morgan fingerprint density at radius 1 is 1.08 bits per heavy atom. The third-order valence-electron chi connectivity index (χ3n) is 6.87. The van der Waals surface area contributed by atoms with Gasteiger partial charge in [0, 0.05) is 22.7 Å². The van der Waals surface area contributed by atoms with E-state index in [9.17, 15) is 9.90 Å². The minimum atomic E-state index is -0.433. The van der Waals surface area contributed by atoms with Crippen molar-refractivity contribution in [2.75, 3.05) is 13.7 Å². The Labute approximate surface area is 227 Å². The zero-order chi connectivity index (χ0) is 26.8. The molecule has 1 unspecified atom stereocenters. The van der Waals surface area contributed by atoms with Gasteiger partial charge in [0.05, 0.1) is 19.8 Å². The first-order valence-corrected chi connectivity index (χ1v) is 13.0. The van der Waals surface area contributed by atoms with Gasteiger partial charge in [0.1, 0.15) is 28.6 Å². The van der Waals surface area contributed by atoms with Gasteiger partial charge in [0.15, 0.2) is 0 Å². The largest absolute Gasteiger partial charge is 0.507 e. The molecule has 1 atom stereocenters. The average molecular weight is 532 g/mol. The molecule has 2 heterocycles. The third kappa shape index (κ3) is 4.82. The number of aromatic amines is 1. The Hall–Kier alpha value is -3.97. The van der Waals surface area contributed by atoms with Crippen molar-refractivity contribution in [2.45, 2.75) is 39.3 Å². The Morgan fingerprint density at radius 2 is 1.79 bits per heavy atom. The van der Waals surface area contributed by atoms with E-state index in [2.05, 4.69) is 17.1 Å². The van der Waals surface area contributed by atoms with Crippen molar-refractivity contribution in [2.24, 2.45) is 0 Å². The smallest absolute Gasteiger partial charge is 0.273 e. The van der Waals surface area contributed by atoms with Crippen molar-refractivity contribution >= 4 is 17.5 Å². The van der Waals surface area contributed by atoms with Crippen molar-refractivity contribution in [3.8, 4) is 28.5 Å². The van der Waals surface area contributed by atoms with Crippen molar-refractivity contribution in [3.05, 3.63) is 93.6 Å². The molecule has 4 aromatic rings. The summed E-state index contributed by atoms with van der Waals surface area (Å²) in [7, 11) is 1.62. The zero-order valence-corrected chi connectivity index (χ0v) is 22.4. The SMILES string of the molecule is CCCCOc1ccc(C2c3c(-c4cc(Cl)c(C)cc4O)n[nH]c3C(=O)N2Cc2ccc(OC)cc2)cc1. The van der Waals surface area contributed by atoms with Gasteiger partial charge in [0.2, 0.25) is 0 Å². The minimum absolute atomic E-state index is 0.0562. The second kappa shape index (κ2) is 10.8. The summed E-state index contributed by atoms with van der Waals surface area (Å²) in [6, 6.07) is 18.4. The lowest BCUT2D eigenvalue weighted by Gasteiger charge is -2.27. The topological polar surface area (TPSA) is 87.7 Å². The molecule has 3 aromatic carbocycles. The predicted octanol–water partition coefficient (Wildman–Crippen LogP) is 6.68. The Morgan fingerprint density at radius 3 is 2.47 bits per heavy atom. The van der Waals surface area contributed by atoms with Gasteiger partial charge >= 0.3 is 0 Å². The number of aryl methyl sites for hydroxylation is 1. The first-order chi connectivity index (χ1) is 18.4. The van der Waals surface area contributed by atoms with Crippen LogP contribution in [0.5, 0.6) is 17.2 Å². The van der Waals surface area contributed by atoms with Gasteiger partial charge in [-0.25, -0.2) is 0 Å². The lowest BCUT2D eigenvalue weighted by Crippen LogP contribution is -2.29. The number of methoxy groups -OCH3 is 1. The van der Waals surface area contributed by atoms with Crippen LogP contribution in [-0.2, 0) is 6.54 Å². The molecule has 0 spiro atoms. The molecular formula is C30H30ClN3O4. The van der Waals surface area contributed by atoms with E-state index in [4.69, 9.17) is 21.1 Å². The standard InChI is InChI=1S/C30H30ClN3O4/c1-4-5-14-38-22-12-8-20(9-13-22)29-26-27(23-16-24(31)18(2)15-25(23)35)32-33-28(26)30(36)34(29)17-19-6-10-21(37-3)11-7-19/h6-13,15-16,29,35H,4-5,14,17H2,1-3H3,(H,32,33). The lowest BCUT2D eigenvalue weighted by atomic mass is 9.95. The molecule has 0 saturated carbocycles. The highest BCUT2D eigenvalue weighted by atomic mass is 35.5. The number of phenols is 1. The normalized spacial score (nSPS) is 14.6. The van der Waals surface area contributed by atoms with E-state index in [1.807, 2.05) is 60.4 Å². The number of nitrogens with zero attached hydrogens (tertiary/aromatic N) is 2. The summed E-state index contributed by atoms with van der Waals surface area (Å²) in [6.45, 7) is 4.99. The summed E-state index contributed by atoms with van der Waals surface area (Å²) >= 11 is 6.42. The number of carbonyl (C=O) groups excluding carboxylic acids is 1. The number of phenolic OH excluding ortho intramolecular Hbond substituents is 1. The van der Waals surface area contributed by atoms with Crippen LogP contribution in [0.25, 0.3) is 11.3 Å². The maximum Gasteiger partial charge on any atom is 0.273 e. The fourth-order valence-corrected chi connectivity index (χ4v) is 4.94. The van der Waals surface area contributed by atoms with E-state index in [1.54, 1.807) is 19.2 Å². The van der Waals surface area contributed by atoms with Gasteiger partial charge in [-0.15, -0.1) is 0 Å². The summed E-state index contributed by atoms with van der Waals surface area (Å²) in [5.41, 5.74) is 4.71. The van der Waals surface area contributed by atoms with Gasteiger partial charge in [-0.2, -0.15) is 5.10 Å². The lowest BCUT2D eigenvalue weighted by molar-refractivity contribution is 0.0730. The van der Waals surface area contributed by atoms with Crippen LogP contribution in [0.4, 0.5) is 0 Å². The molecule has 1 aliphatic rings. The summed E-state index contributed by atoms with van der Waals surface area (Å²) in [5.74, 6) is 1.42. The number of benzene rings is 3. The molecular weight excluding hydrogens is 502 g/mol. The van der Waals surface area contributed by atoms with Crippen LogP contribution < -0.4 is 9.47 Å². The first-order valence-electron chi connectivity index (χ1n) is 12.7. The molecule has 0 bridgehead atoms. The Bertz CT molecular complexity index is 1450. The monoisotopic (exact) mass is 531 g/mol. The van der Waals surface area contributed by atoms with E-state index >= 15 is 0 Å². The molecule has 196 valence electrons. The number of hydrogen-bond donors (Lipinski definition) is 2. The number of carbonyl (C=O) groups is 1. The van der Waals surface area contributed by atoms with Crippen LogP contribution >= 0.6 is 11.6 Å². The second-order valence-electron chi connectivity index (χ2n) is 9.43. The molecule has 0 saturated heterocycles. The van der Waals surface area contributed by atoms with Crippen molar-refractivity contribution in [1.82, 2.24) is 15.1 Å². The van der Waals surface area contributed by atoms with Crippen molar-refractivity contribution < 1.29 is 19.4 Å². The highest BCUT2D eigenvalue weighted by molar-refractivity contribution is 6.31. The quantitative estimate of drug-likeness (QED) is 0.235. The van der Waals surface area contributed by atoms with Crippen LogP contribution in [0.3, 0.4) is 0 Å². The van der Waals surface area contributed by atoms with Gasteiger partial charge in [0.25, 0.3) is 5.91 Å². The highest BCUT2D eigenvalue weighted by Crippen LogP contribution is 2.46. The molecule has 0 fully saturated rings. The maximum atomic E-state index is 13.7. The molecule has 2 N–H and O–H groups in total. The number of nitrogens with one attached hydrogen (secondary N) is 1. The fourth-order valence-electron chi connectivity index (χ4n) is 4.78. The summed E-state index contributed by atoms with van der Waals surface area (Å²) in [6.07, 6.45) is 2.05. The van der Waals surface area contributed by atoms with Crippen LogP contribution in [0.2, 0.25) is 5.02 Å². The zero-order valence-electron chi connectivity index (χ0n) is 21.6. The molecule has 1 amide bonds. The molecule has 1 aromatic heterocycles. The van der Waals surface area contributed by atoms with E-state index < -0.39 is 6.04 Å². The van der Waals surface area contributed by atoms with Crippen LogP contribution in [0.1, 0.15) is 58.5 Å². The maximum absolute atomic E-state index is 13.7. The summed E-state index contributed by atoms with van der Waals surface area (Å²) in [5, 5.41) is 18.7. The number of halogens is 1. The Kier molecular flexibility index (Phi) is 7.29. The molecule has 38 heavy (non-hydrogen) atoms. The van der Waals surface area contributed by atoms with Crippen molar-refractivity contribution in [3.63, 3.8) is 0 Å². The van der Waals surface area contributed by atoms with Gasteiger partial charge in [-0.1, -0.05) is 49.2 Å². The Balaban J connectivity index is 1.58. The molecule has 7 nitrogen and oxygen atoms in total. The first kappa shape index (κ1) is 25.7. The molecule has 8 heteroatoms. The minimum Gasteiger partial charge on any atom is -0.507 e. The van der Waals surface area contributed by atoms with E-state index in [1.165, 1.54) is 0 Å². The van der Waals surface area contributed by atoms with Crippen LogP contribution in [-0.4, -0.2) is 39.8 Å². The molecule has 5 rings (SSSR count). The third-order valence-corrected chi connectivity index (χ3v) is 7.28. The molecule has 0 aliphatic carbocycles. The van der Waals surface area contributed by atoms with E-state index in [0.29, 0.717) is 40.7 Å². The number of H-pyrrole nitrogens is 1. The number of unbranched alkanes of at least 4 members (excludes halogenated alkanes) is 1. The van der Waals surface area contributed by atoms with Gasteiger partial charge in [-0.3, -0.25) is 9.89 Å². The average Bonchev–Trinajstić information content (AvgIpc) is 3.46. The van der Waals surface area contributed by atoms with Crippen molar-refractivity contribution in [1.29, 1.82) is 0 Å². The van der Waals surface area contributed by atoms with Gasteiger partial charge in [-0.05, 0) is 66.4 Å². The number of rotatable bonds is 9. The number of ether oxygens (including phenoxy) is 2. The van der Waals surface area contributed by atoms with Crippen LogP contribution in [0, 0.1) is 6.92 Å². The molecule has 1 aliphatic heterocycles. The number of aromatic hydroxyl groups is 1. The van der Waals surface area contributed by atoms with E-state index in [0.717, 1.165) is 41.0 Å².